The zero-order chi connectivity index (χ0) is 22.3. The van der Waals surface area contributed by atoms with Crippen LogP contribution < -0.4 is 5.32 Å². The summed E-state index contributed by atoms with van der Waals surface area (Å²) in [7, 11) is 0. The Labute approximate surface area is 179 Å². The molecule has 0 fully saturated rings. The highest BCUT2D eigenvalue weighted by atomic mass is 19.1. The summed E-state index contributed by atoms with van der Waals surface area (Å²) in [6, 6.07) is 13.2. The fourth-order valence-electron chi connectivity index (χ4n) is 3.10. The van der Waals surface area contributed by atoms with Crippen molar-refractivity contribution in [3.8, 4) is 28.3 Å². The Morgan fingerprint density at radius 3 is 2.55 bits per heavy atom. The van der Waals surface area contributed by atoms with Crippen molar-refractivity contribution in [2.24, 2.45) is 5.41 Å². The largest absolute Gasteiger partial charge is 0.508 e. The van der Waals surface area contributed by atoms with Gasteiger partial charge in [-0.25, -0.2) is 13.9 Å². The van der Waals surface area contributed by atoms with Crippen molar-refractivity contribution in [2.45, 2.75) is 27.7 Å². The van der Waals surface area contributed by atoms with Gasteiger partial charge in [-0.2, -0.15) is 5.10 Å². The lowest BCUT2D eigenvalue weighted by atomic mass is 9.95. The van der Waals surface area contributed by atoms with E-state index < -0.39 is 11.2 Å². The van der Waals surface area contributed by atoms with Crippen LogP contribution in [0.3, 0.4) is 0 Å². The second kappa shape index (κ2) is 7.50. The lowest BCUT2D eigenvalue weighted by Gasteiger charge is -2.19. The zero-order valence-electron chi connectivity index (χ0n) is 17.8. The van der Waals surface area contributed by atoms with Gasteiger partial charge in [-0.05, 0) is 42.8 Å². The van der Waals surface area contributed by atoms with Crippen LogP contribution in [-0.4, -0.2) is 25.6 Å². The van der Waals surface area contributed by atoms with Crippen LogP contribution in [0.5, 0.6) is 5.75 Å². The number of halogens is 1. The van der Waals surface area contributed by atoms with Crippen molar-refractivity contribution in [3.05, 3.63) is 66.1 Å². The lowest BCUT2D eigenvalue weighted by Crippen LogP contribution is -2.27. The van der Waals surface area contributed by atoms with Crippen molar-refractivity contribution in [1.29, 1.82) is 0 Å². The third-order valence-electron chi connectivity index (χ3n) is 5.01. The van der Waals surface area contributed by atoms with Crippen molar-refractivity contribution < 1.29 is 14.3 Å². The van der Waals surface area contributed by atoms with Crippen LogP contribution in [-0.2, 0) is 4.79 Å². The zero-order valence-corrected chi connectivity index (χ0v) is 17.8. The Balaban J connectivity index is 1.70. The molecule has 0 aliphatic rings. The Bertz CT molecular complexity index is 1300. The fraction of sp³-hybridized carbons (Fsp3) is 0.208. The number of amides is 1. The lowest BCUT2D eigenvalue weighted by molar-refractivity contribution is -0.123. The molecule has 0 aliphatic heterocycles. The molecule has 0 spiro atoms. The third kappa shape index (κ3) is 4.12. The third-order valence-corrected chi connectivity index (χ3v) is 5.01. The van der Waals surface area contributed by atoms with E-state index in [1.807, 2.05) is 45.9 Å². The highest BCUT2D eigenvalue weighted by Gasteiger charge is 2.22. The molecule has 4 aromatic rings. The molecule has 2 heterocycles. The van der Waals surface area contributed by atoms with Gasteiger partial charge in [0.2, 0.25) is 5.91 Å². The molecule has 2 N–H and O–H groups in total. The Kier molecular flexibility index (Phi) is 4.97. The van der Waals surface area contributed by atoms with Gasteiger partial charge < -0.3 is 10.4 Å². The maximum Gasteiger partial charge on any atom is 0.229 e. The number of aromatic nitrogens is 3. The molecule has 158 valence electrons. The maximum atomic E-state index is 14.2. The molecule has 6 nitrogen and oxygen atoms in total. The topological polar surface area (TPSA) is 79.5 Å². The van der Waals surface area contributed by atoms with Gasteiger partial charge >= 0.3 is 0 Å². The van der Waals surface area contributed by atoms with E-state index in [4.69, 9.17) is 0 Å². The number of carbonyl (C=O) groups is 1. The molecule has 0 unspecified atom stereocenters. The molecule has 0 saturated heterocycles. The minimum atomic E-state index is -0.551. The summed E-state index contributed by atoms with van der Waals surface area (Å²) in [5.41, 5.74) is 4.02. The molecular weight excluding hydrogens is 395 g/mol. The van der Waals surface area contributed by atoms with Crippen LogP contribution in [0.4, 0.5) is 10.1 Å². The van der Waals surface area contributed by atoms with Gasteiger partial charge in [0, 0.05) is 28.3 Å². The van der Waals surface area contributed by atoms with Crippen molar-refractivity contribution in [3.63, 3.8) is 0 Å². The second-order valence-electron chi connectivity index (χ2n) is 8.55. The molecule has 0 aliphatic carbocycles. The standard InChI is InChI=1S/C24H23FN4O2/c1-14-5-6-15(11-20(14)27-23(31)24(2,3)4)21-13-29-22(26-21)10-9-19(28-29)17-8-7-16(30)12-18(17)25/h5-13,30H,1-4H3,(H,27,31). The Morgan fingerprint density at radius 1 is 1.06 bits per heavy atom. The summed E-state index contributed by atoms with van der Waals surface area (Å²) >= 11 is 0. The number of hydrogen-bond acceptors (Lipinski definition) is 4. The molecule has 0 atom stereocenters. The van der Waals surface area contributed by atoms with Gasteiger partial charge in [0.25, 0.3) is 0 Å². The predicted molar refractivity (Wildman–Crippen MR) is 118 cm³/mol. The number of carbonyl (C=O) groups excluding carboxylic acids is 1. The molecule has 0 radical (unpaired) electrons. The van der Waals surface area contributed by atoms with Crippen LogP contribution in [0.25, 0.3) is 28.2 Å². The van der Waals surface area contributed by atoms with Crippen LogP contribution in [0.2, 0.25) is 0 Å². The molecule has 0 saturated carbocycles. The SMILES string of the molecule is Cc1ccc(-c2cn3nc(-c4ccc(O)cc4F)ccc3n2)cc1NC(=O)C(C)(C)C. The first-order valence-electron chi connectivity index (χ1n) is 9.89. The number of phenols is 1. The van der Waals surface area contributed by atoms with Gasteiger partial charge in [0.1, 0.15) is 11.6 Å². The molecule has 31 heavy (non-hydrogen) atoms. The number of aryl methyl sites for hydroxylation is 1. The maximum absolute atomic E-state index is 14.2. The monoisotopic (exact) mass is 418 g/mol. The molecule has 4 rings (SSSR count). The van der Waals surface area contributed by atoms with Crippen LogP contribution >= 0.6 is 0 Å². The highest BCUT2D eigenvalue weighted by molar-refractivity contribution is 5.95. The molecule has 7 heteroatoms. The first-order chi connectivity index (χ1) is 14.6. The van der Waals surface area contributed by atoms with E-state index in [1.165, 1.54) is 12.1 Å². The summed E-state index contributed by atoms with van der Waals surface area (Å²) < 4.78 is 15.8. The van der Waals surface area contributed by atoms with E-state index in [-0.39, 0.29) is 17.2 Å². The molecule has 2 aromatic carbocycles. The summed E-state index contributed by atoms with van der Waals surface area (Å²) in [6.45, 7) is 7.53. The molecular formula is C24H23FN4O2. The minimum Gasteiger partial charge on any atom is -0.508 e. The summed E-state index contributed by atoms with van der Waals surface area (Å²) in [6.07, 6.45) is 1.76. The van der Waals surface area contributed by atoms with Gasteiger partial charge in [-0.15, -0.1) is 0 Å². The van der Waals surface area contributed by atoms with E-state index in [0.717, 1.165) is 22.9 Å². The van der Waals surface area contributed by atoms with E-state index in [1.54, 1.807) is 22.8 Å². The first kappa shape index (κ1) is 20.5. The Morgan fingerprint density at radius 2 is 1.84 bits per heavy atom. The van der Waals surface area contributed by atoms with Crippen LogP contribution in [0.15, 0.2) is 54.7 Å². The van der Waals surface area contributed by atoms with E-state index >= 15 is 0 Å². The van der Waals surface area contributed by atoms with Gasteiger partial charge in [-0.1, -0.05) is 32.9 Å². The van der Waals surface area contributed by atoms with Gasteiger partial charge in [-0.3, -0.25) is 4.79 Å². The van der Waals surface area contributed by atoms with Crippen LogP contribution in [0.1, 0.15) is 26.3 Å². The van der Waals surface area contributed by atoms with Gasteiger partial charge in [0.05, 0.1) is 17.6 Å². The number of aromatic hydroxyl groups is 1. The number of imidazole rings is 1. The molecule has 1 amide bonds. The Hall–Kier alpha value is -3.74. The normalized spacial score (nSPS) is 11.6. The molecule has 2 aromatic heterocycles. The van der Waals surface area contributed by atoms with E-state index in [2.05, 4.69) is 15.4 Å². The van der Waals surface area contributed by atoms with Gasteiger partial charge in [0.15, 0.2) is 5.65 Å². The van der Waals surface area contributed by atoms with Crippen LogP contribution in [0, 0.1) is 18.2 Å². The number of benzene rings is 2. The summed E-state index contributed by atoms with van der Waals surface area (Å²) in [4.78, 5) is 17.0. The average Bonchev–Trinajstić information content (AvgIpc) is 3.12. The van der Waals surface area contributed by atoms with E-state index in [0.29, 0.717) is 17.0 Å². The summed E-state index contributed by atoms with van der Waals surface area (Å²) in [5, 5.41) is 16.9. The first-order valence-corrected chi connectivity index (χ1v) is 9.89. The molecule has 0 bridgehead atoms. The smallest absolute Gasteiger partial charge is 0.229 e. The number of rotatable bonds is 3. The number of nitrogens with one attached hydrogen (secondary N) is 1. The van der Waals surface area contributed by atoms with E-state index in [9.17, 15) is 14.3 Å². The minimum absolute atomic E-state index is 0.0648. The average molecular weight is 418 g/mol. The second-order valence-corrected chi connectivity index (χ2v) is 8.55. The number of anilines is 1. The number of nitrogens with zero attached hydrogens (tertiary/aromatic N) is 3. The van der Waals surface area contributed by atoms with Crippen molar-refractivity contribution in [2.75, 3.05) is 5.32 Å². The number of phenolic OH excluding ortho intramolecular Hbond substituents is 1. The number of fused-ring (bicyclic) bond motifs is 1. The number of hydrogen-bond donors (Lipinski definition) is 2. The fourth-order valence-corrected chi connectivity index (χ4v) is 3.10. The predicted octanol–water partition coefficient (Wildman–Crippen LogP) is 5.20. The van der Waals surface area contributed by atoms with Crippen molar-refractivity contribution in [1.82, 2.24) is 14.6 Å². The highest BCUT2D eigenvalue weighted by Crippen LogP contribution is 2.28. The van der Waals surface area contributed by atoms with Crippen molar-refractivity contribution >= 4 is 17.2 Å². The quantitative estimate of drug-likeness (QED) is 0.479. The summed E-state index contributed by atoms with van der Waals surface area (Å²) in [5.74, 6) is -0.754.